The molecule has 0 amide bonds. The van der Waals surface area contributed by atoms with Crippen molar-refractivity contribution in [3.63, 3.8) is 0 Å². The van der Waals surface area contributed by atoms with Crippen LogP contribution in [0.2, 0.25) is 0 Å². The molecular weight excluding hydrogens is 352 g/mol. The Kier molecular flexibility index (Phi) is 5.92. The molecule has 7 heteroatoms. The number of rotatable bonds is 9. The number of aromatic nitrogens is 2. The van der Waals surface area contributed by atoms with E-state index < -0.39 is 0 Å². The highest BCUT2D eigenvalue weighted by Crippen LogP contribution is 2.25. The van der Waals surface area contributed by atoms with Gasteiger partial charge in [-0.15, -0.1) is 11.3 Å². The highest BCUT2D eigenvalue weighted by molar-refractivity contribution is 7.14. The normalized spacial score (nSPS) is 11.2. The summed E-state index contributed by atoms with van der Waals surface area (Å²) >= 11 is 1.25. The number of nitrogens with one attached hydrogen (secondary N) is 1. The first kappa shape index (κ1) is 18.4. The summed E-state index contributed by atoms with van der Waals surface area (Å²) in [7, 11) is 0. The Balaban J connectivity index is 1.73. The van der Waals surface area contributed by atoms with E-state index in [4.69, 9.17) is 9.84 Å². The molecular formula is C19H20N2O4S. The molecule has 0 aliphatic rings. The van der Waals surface area contributed by atoms with Crippen LogP contribution in [0.5, 0.6) is 0 Å². The van der Waals surface area contributed by atoms with Gasteiger partial charge in [0.05, 0.1) is 18.8 Å². The van der Waals surface area contributed by atoms with Crippen molar-refractivity contribution in [3.05, 3.63) is 51.6 Å². The number of hydrogen-bond donors (Lipinski definition) is 2. The number of para-hydroxylation sites is 1. The van der Waals surface area contributed by atoms with Gasteiger partial charge < -0.3 is 14.8 Å². The summed E-state index contributed by atoms with van der Waals surface area (Å²) in [4.78, 5) is 33.3. The molecule has 6 nitrogen and oxygen atoms in total. The Bertz CT molecular complexity index is 929. The number of Topliss-reactive ketones (excluding diaryl/α,β-unsaturated/α-hetero) is 1. The Morgan fingerprint density at radius 3 is 2.88 bits per heavy atom. The lowest BCUT2D eigenvalue weighted by Gasteiger charge is -2.01. The molecule has 0 spiro atoms. The third kappa shape index (κ3) is 3.90. The van der Waals surface area contributed by atoms with Gasteiger partial charge in [-0.1, -0.05) is 18.2 Å². The van der Waals surface area contributed by atoms with Crippen molar-refractivity contribution in [1.82, 2.24) is 9.97 Å². The van der Waals surface area contributed by atoms with Crippen molar-refractivity contribution in [2.24, 2.45) is 0 Å². The number of fused-ring (bicyclic) bond motifs is 1. The van der Waals surface area contributed by atoms with Crippen molar-refractivity contribution in [1.29, 1.82) is 0 Å². The lowest BCUT2D eigenvalue weighted by Crippen LogP contribution is -2.07. The summed E-state index contributed by atoms with van der Waals surface area (Å²) in [5, 5.41) is 9.83. The van der Waals surface area contributed by atoms with Crippen molar-refractivity contribution in [2.75, 3.05) is 19.8 Å². The van der Waals surface area contributed by atoms with Gasteiger partial charge in [0.15, 0.2) is 10.8 Å². The van der Waals surface area contributed by atoms with Gasteiger partial charge in [-0.3, -0.25) is 9.59 Å². The number of hydrogen-bond acceptors (Lipinski definition) is 6. The monoisotopic (exact) mass is 372 g/mol. The van der Waals surface area contributed by atoms with Gasteiger partial charge in [-0.05, 0) is 19.4 Å². The number of thiazole rings is 1. The number of carbonyl (C=O) groups excluding carboxylic acids is 2. The molecule has 0 aliphatic heterocycles. The summed E-state index contributed by atoms with van der Waals surface area (Å²) in [6, 6.07) is 7.58. The van der Waals surface area contributed by atoms with Gasteiger partial charge in [0.1, 0.15) is 5.69 Å². The fourth-order valence-corrected chi connectivity index (χ4v) is 3.63. The highest BCUT2D eigenvalue weighted by atomic mass is 32.1. The molecule has 0 radical (unpaired) electrons. The molecule has 0 saturated heterocycles. The number of H-pyrrole nitrogens is 1. The van der Waals surface area contributed by atoms with Gasteiger partial charge in [0.25, 0.3) is 0 Å². The topological polar surface area (TPSA) is 92.3 Å². The van der Waals surface area contributed by atoms with E-state index in [1.165, 1.54) is 11.3 Å². The van der Waals surface area contributed by atoms with Crippen molar-refractivity contribution in [3.8, 4) is 0 Å². The van der Waals surface area contributed by atoms with Crippen LogP contribution in [0.1, 0.15) is 43.6 Å². The first-order valence-electron chi connectivity index (χ1n) is 8.42. The molecule has 2 aromatic heterocycles. The predicted molar refractivity (Wildman–Crippen MR) is 100 cm³/mol. The quantitative estimate of drug-likeness (QED) is 0.445. The van der Waals surface area contributed by atoms with E-state index in [-0.39, 0.29) is 24.8 Å². The van der Waals surface area contributed by atoms with Crippen molar-refractivity contribution < 1.29 is 19.4 Å². The minimum Gasteiger partial charge on any atom is -0.394 e. The van der Waals surface area contributed by atoms with Crippen molar-refractivity contribution in [2.45, 2.75) is 19.8 Å². The third-order valence-corrected chi connectivity index (χ3v) is 4.99. The Morgan fingerprint density at radius 1 is 1.27 bits per heavy atom. The van der Waals surface area contributed by atoms with Gasteiger partial charge in [0.2, 0.25) is 5.78 Å². The Hall–Kier alpha value is -2.35. The second-order valence-electron chi connectivity index (χ2n) is 5.86. The van der Waals surface area contributed by atoms with Crippen LogP contribution in [0.3, 0.4) is 0 Å². The number of benzene rings is 1. The molecule has 3 aromatic rings. The van der Waals surface area contributed by atoms with Crippen molar-refractivity contribution >= 4 is 33.8 Å². The smallest absolute Gasteiger partial charge is 0.223 e. The molecule has 0 aliphatic carbocycles. The van der Waals surface area contributed by atoms with Gasteiger partial charge in [-0.25, -0.2) is 4.98 Å². The van der Waals surface area contributed by atoms with Crippen LogP contribution in [0.15, 0.2) is 30.5 Å². The molecule has 0 fully saturated rings. The van der Waals surface area contributed by atoms with E-state index >= 15 is 0 Å². The van der Waals surface area contributed by atoms with Crippen LogP contribution < -0.4 is 0 Å². The zero-order chi connectivity index (χ0) is 18.5. The zero-order valence-electron chi connectivity index (χ0n) is 14.4. The summed E-state index contributed by atoms with van der Waals surface area (Å²) < 4.78 is 5.15. The number of aliphatic hydroxyl groups is 1. The number of aryl methyl sites for hydroxylation is 1. The number of ether oxygens (including phenoxy) is 1. The minimum absolute atomic E-state index is 0.0293. The van der Waals surface area contributed by atoms with Gasteiger partial charge in [0, 0.05) is 35.0 Å². The maximum atomic E-state index is 12.8. The summed E-state index contributed by atoms with van der Waals surface area (Å²) in [6.07, 6.45) is 2.54. The SMILES string of the molecule is Cc1sc(C(=O)c2c[nH]c3ccccc23)nc1C(=O)CCCOCCO. The molecule has 0 saturated carbocycles. The fraction of sp³-hybridized carbons (Fsp3) is 0.316. The van der Waals surface area contributed by atoms with Crippen LogP contribution in [0, 0.1) is 6.92 Å². The minimum atomic E-state index is -0.180. The van der Waals surface area contributed by atoms with E-state index in [9.17, 15) is 9.59 Å². The predicted octanol–water partition coefficient (Wildman–Crippen LogP) is 3.14. The van der Waals surface area contributed by atoms with Gasteiger partial charge >= 0.3 is 0 Å². The maximum absolute atomic E-state index is 12.8. The zero-order valence-corrected chi connectivity index (χ0v) is 15.3. The van der Waals surface area contributed by atoms with Crippen LogP contribution >= 0.6 is 11.3 Å². The van der Waals surface area contributed by atoms with E-state index in [1.54, 1.807) is 13.1 Å². The second kappa shape index (κ2) is 8.35. The lowest BCUT2D eigenvalue weighted by molar-refractivity contribution is 0.0830. The van der Waals surface area contributed by atoms with Gasteiger partial charge in [-0.2, -0.15) is 0 Å². The number of ketones is 2. The number of nitrogens with zero attached hydrogens (tertiary/aromatic N) is 1. The maximum Gasteiger partial charge on any atom is 0.223 e. The molecule has 0 atom stereocenters. The molecule has 0 unspecified atom stereocenters. The molecule has 26 heavy (non-hydrogen) atoms. The van der Waals surface area contributed by atoms with Crippen LogP contribution in [0.25, 0.3) is 10.9 Å². The largest absolute Gasteiger partial charge is 0.394 e. The summed E-state index contributed by atoms with van der Waals surface area (Å²) in [6.45, 7) is 2.46. The van der Waals surface area contributed by atoms with Crippen LogP contribution in [-0.4, -0.2) is 46.5 Å². The standard InChI is InChI=1S/C19H20N2O4S/c1-12-17(16(23)7-4-9-25-10-8-22)21-19(26-12)18(24)14-11-20-15-6-3-2-5-13(14)15/h2-3,5-6,11,20,22H,4,7-10H2,1H3. The van der Waals surface area contributed by atoms with Crippen LogP contribution in [0.4, 0.5) is 0 Å². The lowest BCUT2D eigenvalue weighted by atomic mass is 10.1. The number of carbonyl (C=O) groups is 2. The summed E-state index contributed by atoms with van der Waals surface area (Å²) in [5.74, 6) is -0.273. The van der Waals surface area contributed by atoms with E-state index in [0.717, 1.165) is 15.8 Å². The average molecular weight is 372 g/mol. The fourth-order valence-electron chi connectivity index (χ4n) is 2.75. The first-order chi connectivity index (χ1) is 12.6. The highest BCUT2D eigenvalue weighted by Gasteiger charge is 2.22. The molecule has 1 aromatic carbocycles. The molecule has 0 bridgehead atoms. The average Bonchev–Trinajstić information content (AvgIpc) is 3.24. The molecule has 2 N–H and O–H groups in total. The number of aromatic amines is 1. The molecule has 136 valence electrons. The molecule has 3 rings (SSSR count). The Labute approximate surface area is 154 Å². The van der Waals surface area contributed by atoms with E-state index in [2.05, 4.69) is 9.97 Å². The molecule has 2 heterocycles. The van der Waals surface area contributed by atoms with E-state index in [1.807, 2.05) is 24.3 Å². The Morgan fingerprint density at radius 2 is 2.08 bits per heavy atom. The third-order valence-electron chi connectivity index (χ3n) is 4.02. The second-order valence-corrected chi connectivity index (χ2v) is 7.07. The summed E-state index contributed by atoms with van der Waals surface area (Å²) in [5.41, 5.74) is 1.81. The number of aliphatic hydroxyl groups excluding tert-OH is 1. The van der Waals surface area contributed by atoms with E-state index in [0.29, 0.717) is 35.7 Å². The first-order valence-corrected chi connectivity index (χ1v) is 9.23. The van der Waals surface area contributed by atoms with Crippen LogP contribution in [-0.2, 0) is 4.74 Å².